The lowest BCUT2D eigenvalue weighted by Crippen LogP contribution is -2.51. The standard InChI is InChI=1S/C22H30ClN3O4/c1-3-10-24-20(27)15-8-12-25(13-9-15)22(29)18-5-4-11-26(18)21(28)17-14-16(23)6-7-19(17)30-2/h6-7,14-15,18H,3-5,8-13H2,1-2H3,(H,24,27)/t18-/m1/s1. The molecule has 2 fully saturated rings. The molecule has 1 aromatic carbocycles. The van der Waals surface area contributed by atoms with Crippen LogP contribution in [0.25, 0.3) is 0 Å². The number of carbonyl (C=O) groups excluding carboxylic acids is 3. The van der Waals surface area contributed by atoms with Gasteiger partial charge in [-0.1, -0.05) is 18.5 Å². The predicted molar refractivity (Wildman–Crippen MR) is 115 cm³/mol. The van der Waals surface area contributed by atoms with Crippen LogP contribution < -0.4 is 10.1 Å². The quantitative estimate of drug-likeness (QED) is 0.745. The van der Waals surface area contributed by atoms with Crippen LogP contribution in [0.1, 0.15) is 49.4 Å². The Morgan fingerprint density at radius 2 is 1.90 bits per heavy atom. The Kier molecular flexibility index (Phi) is 7.58. The van der Waals surface area contributed by atoms with Crippen LogP contribution in [0.5, 0.6) is 5.75 Å². The van der Waals surface area contributed by atoms with Crippen LogP contribution in [0.2, 0.25) is 5.02 Å². The van der Waals surface area contributed by atoms with E-state index in [4.69, 9.17) is 16.3 Å². The van der Waals surface area contributed by atoms with Crippen LogP contribution in [0, 0.1) is 5.92 Å². The fraction of sp³-hybridized carbons (Fsp3) is 0.591. The molecule has 0 spiro atoms. The number of piperidine rings is 1. The number of hydrogen-bond donors (Lipinski definition) is 1. The number of likely N-dealkylation sites (tertiary alicyclic amines) is 2. The molecule has 2 saturated heterocycles. The van der Waals surface area contributed by atoms with Crippen molar-refractivity contribution >= 4 is 29.3 Å². The van der Waals surface area contributed by atoms with Crippen LogP contribution in [0.3, 0.4) is 0 Å². The van der Waals surface area contributed by atoms with Crippen LogP contribution in [-0.2, 0) is 9.59 Å². The maximum atomic E-state index is 13.2. The fourth-order valence-corrected chi connectivity index (χ4v) is 4.41. The predicted octanol–water partition coefficient (Wildman–Crippen LogP) is 2.72. The monoisotopic (exact) mass is 435 g/mol. The van der Waals surface area contributed by atoms with E-state index in [2.05, 4.69) is 5.32 Å². The van der Waals surface area contributed by atoms with Gasteiger partial charge in [-0.15, -0.1) is 0 Å². The molecule has 0 aromatic heterocycles. The van der Waals surface area contributed by atoms with E-state index in [1.165, 1.54) is 7.11 Å². The van der Waals surface area contributed by atoms with Crippen LogP contribution in [0.4, 0.5) is 0 Å². The summed E-state index contributed by atoms with van der Waals surface area (Å²) >= 11 is 6.08. The molecule has 2 aliphatic rings. The number of halogens is 1. The Balaban J connectivity index is 1.65. The molecule has 1 N–H and O–H groups in total. The van der Waals surface area contributed by atoms with E-state index in [0.29, 0.717) is 61.8 Å². The molecule has 0 saturated carbocycles. The molecule has 3 rings (SSSR count). The molecule has 0 bridgehead atoms. The van der Waals surface area contributed by atoms with Gasteiger partial charge in [-0.3, -0.25) is 14.4 Å². The summed E-state index contributed by atoms with van der Waals surface area (Å²) in [5.41, 5.74) is 0.371. The Hall–Kier alpha value is -2.28. The molecule has 7 nitrogen and oxygen atoms in total. The van der Waals surface area contributed by atoms with Crippen molar-refractivity contribution in [1.29, 1.82) is 0 Å². The highest BCUT2D eigenvalue weighted by Gasteiger charge is 2.39. The van der Waals surface area contributed by atoms with Crippen molar-refractivity contribution in [3.8, 4) is 5.75 Å². The van der Waals surface area contributed by atoms with Crippen molar-refractivity contribution in [2.45, 2.75) is 45.1 Å². The van der Waals surface area contributed by atoms with E-state index in [0.717, 1.165) is 12.8 Å². The lowest BCUT2D eigenvalue weighted by molar-refractivity contribution is -0.138. The lowest BCUT2D eigenvalue weighted by Gasteiger charge is -2.35. The van der Waals surface area contributed by atoms with E-state index in [1.54, 1.807) is 28.0 Å². The number of hydrogen-bond acceptors (Lipinski definition) is 4. The molecule has 2 aliphatic heterocycles. The molecule has 1 aromatic rings. The van der Waals surface area contributed by atoms with Gasteiger partial charge in [0.15, 0.2) is 0 Å². The molecule has 0 aliphatic carbocycles. The topological polar surface area (TPSA) is 79.0 Å². The largest absolute Gasteiger partial charge is 0.496 e. The number of benzene rings is 1. The van der Waals surface area contributed by atoms with E-state index < -0.39 is 6.04 Å². The third kappa shape index (κ3) is 4.89. The molecule has 3 amide bonds. The van der Waals surface area contributed by atoms with Crippen molar-refractivity contribution in [3.63, 3.8) is 0 Å². The molecular formula is C22H30ClN3O4. The SMILES string of the molecule is CCCNC(=O)C1CCN(C(=O)[C@H]2CCCN2C(=O)c2cc(Cl)ccc2OC)CC1. The average molecular weight is 436 g/mol. The van der Waals surface area contributed by atoms with Gasteiger partial charge in [0.05, 0.1) is 12.7 Å². The van der Waals surface area contributed by atoms with Crippen molar-refractivity contribution in [2.75, 3.05) is 33.3 Å². The summed E-state index contributed by atoms with van der Waals surface area (Å²) in [6.07, 6.45) is 3.64. The highest BCUT2D eigenvalue weighted by molar-refractivity contribution is 6.31. The van der Waals surface area contributed by atoms with Crippen LogP contribution in [-0.4, -0.2) is 66.9 Å². The summed E-state index contributed by atoms with van der Waals surface area (Å²) in [5.74, 6) is 0.210. The number of ether oxygens (including phenoxy) is 1. The normalized spacial score (nSPS) is 19.6. The number of carbonyl (C=O) groups is 3. The molecule has 164 valence electrons. The van der Waals surface area contributed by atoms with Gasteiger partial charge in [-0.2, -0.15) is 0 Å². The van der Waals surface area contributed by atoms with Crippen molar-refractivity contribution in [3.05, 3.63) is 28.8 Å². The second-order valence-corrected chi connectivity index (χ2v) is 8.33. The van der Waals surface area contributed by atoms with Gasteiger partial charge in [0.25, 0.3) is 5.91 Å². The second-order valence-electron chi connectivity index (χ2n) is 7.89. The Bertz CT molecular complexity index is 793. The van der Waals surface area contributed by atoms with E-state index >= 15 is 0 Å². The Labute approximate surface area is 182 Å². The zero-order valence-electron chi connectivity index (χ0n) is 17.7. The number of nitrogens with one attached hydrogen (secondary N) is 1. The minimum absolute atomic E-state index is 0.0331. The van der Waals surface area contributed by atoms with E-state index in [-0.39, 0.29) is 23.6 Å². The van der Waals surface area contributed by atoms with Gasteiger partial charge in [0.1, 0.15) is 11.8 Å². The molecule has 8 heteroatoms. The lowest BCUT2D eigenvalue weighted by atomic mass is 9.95. The summed E-state index contributed by atoms with van der Waals surface area (Å²) in [6.45, 7) is 4.32. The first-order chi connectivity index (χ1) is 14.5. The summed E-state index contributed by atoms with van der Waals surface area (Å²) in [5, 5.41) is 3.39. The van der Waals surface area contributed by atoms with Gasteiger partial charge in [0.2, 0.25) is 11.8 Å². The van der Waals surface area contributed by atoms with Gasteiger partial charge in [0, 0.05) is 37.1 Å². The Morgan fingerprint density at radius 1 is 1.17 bits per heavy atom. The van der Waals surface area contributed by atoms with Crippen LogP contribution in [0.15, 0.2) is 18.2 Å². The molecule has 2 heterocycles. The maximum Gasteiger partial charge on any atom is 0.258 e. The number of methoxy groups -OCH3 is 1. The minimum atomic E-state index is -0.480. The van der Waals surface area contributed by atoms with Crippen molar-refractivity contribution in [2.24, 2.45) is 5.92 Å². The highest BCUT2D eigenvalue weighted by atomic mass is 35.5. The van der Waals surface area contributed by atoms with E-state index in [9.17, 15) is 14.4 Å². The molecule has 0 unspecified atom stereocenters. The maximum absolute atomic E-state index is 13.2. The molecular weight excluding hydrogens is 406 g/mol. The van der Waals surface area contributed by atoms with Gasteiger partial charge in [-0.05, 0) is 50.3 Å². The minimum Gasteiger partial charge on any atom is -0.496 e. The van der Waals surface area contributed by atoms with Gasteiger partial charge >= 0.3 is 0 Å². The first-order valence-corrected chi connectivity index (χ1v) is 11.0. The number of amides is 3. The molecule has 30 heavy (non-hydrogen) atoms. The van der Waals surface area contributed by atoms with Crippen molar-refractivity contribution in [1.82, 2.24) is 15.1 Å². The van der Waals surface area contributed by atoms with Gasteiger partial charge in [-0.25, -0.2) is 0 Å². The van der Waals surface area contributed by atoms with Crippen molar-refractivity contribution < 1.29 is 19.1 Å². The Morgan fingerprint density at radius 3 is 2.57 bits per heavy atom. The molecule has 0 radical (unpaired) electrons. The van der Waals surface area contributed by atoms with Gasteiger partial charge < -0.3 is 19.9 Å². The summed E-state index contributed by atoms with van der Waals surface area (Å²) in [7, 11) is 1.51. The number of nitrogens with zero attached hydrogens (tertiary/aromatic N) is 2. The first kappa shape index (κ1) is 22.4. The second kappa shape index (κ2) is 10.2. The smallest absolute Gasteiger partial charge is 0.258 e. The third-order valence-electron chi connectivity index (χ3n) is 5.92. The number of rotatable bonds is 6. The zero-order valence-corrected chi connectivity index (χ0v) is 18.4. The first-order valence-electron chi connectivity index (χ1n) is 10.7. The van der Waals surface area contributed by atoms with Crippen LogP contribution >= 0.6 is 11.6 Å². The average Bonchev–Trinajstić information content (AvgIpc) is 3.26. The summed E-state index contributed by atoms with van der Waals surface area (Å²) in [6, 6.07) is 4.44. The van der Waals surface area contributed by atoms with E-state index in [1.807, 2.05) is 6.92 Å². The third-order valence-corrected chi connectivity index (χ3v) is 6.15. The summed E-state index contributed by atoms with van der Waals surface area (Å²) < 4.78 is 5.32. The zero-order chi connectivity index (χ0) is 21.7. The summed E-state index contributed by atoms with van der Waals surface area (Å²) in [4.78, 5) is 42.0. The fourth-order valence-electron chi connectivity index (χ4n) is 4.23. The molecule has 1 atom stereocenters. The highest BCUT2D eigenvalue weighted by Crippen LogP contribution is 2.29.